The minimum absolute atomic E-state index is 0.452. The van der Waals surface area contributed by atoms with Crippen molar-refractivity contribution >= 4 is 0 Å². The van der Waals surface area contributed by atoms with Gasteiger partial charge in [0.25, 0.3) is 0 Å². The van der Waals surface area contributed by atoms with Gasteiger partial charge in [0.15, 0.2) is 0 Å². The number of hydrogen-bond donors (Lipinski definition) is 1. The van der Waals surface area contributed by atoms with Crippen LogP contribution in [-0.4, -0.2) is 6.04 Å². The molecule has 0 radical (unpaired) electrons. The molecule has 1 fully saturated rings. The summed E-state index contributed by atoms with van der Waals surface area (Å²) in [5.41, 5.74) is 4.79. The van der Waals surface area contributed by atoms with Crippen LogP contribution in [0.5, 0.6) is 0 Å². The summed E-state index contributed by atoms with van der Waals surface area (Å²) in [6.45, 7) is 8.95. The van der Waals surface area contributed by atoms with Crippen molar-refractivity contribution in [2.45, 2.75) is 71.3 Å². The molecule has 0 bridgehead atoms. The zero-order valence-corrected chi connectivity index (χ0v) is 14.3. The van der Waals surface area contributed by atoms with Crippen molar-refractivity contribution in [3.63, 3.8) is 0 Å². The van der Waals surface area contributed by atoms with E-state index in [0.717, 1.165) is 0 Å². The minimum atomic E-state index is 0.452. The summed E-state index contributed by atoms with van der Waals surface area (Å²) in [6, 6.07) is 0.452. The zero-order valence-electron chi connectivity index (χ0n) is 14.3. The molecule has 120 valence electrons. The molecule has 0 saturated heterocycles. The second-order valence-corrected chi connectivity index (χ2v) is 7.65. The van der Waals surface area contributed by atoms with Crippen LogP contribution in [0, 0.1) is 11.3 Å². The summed E-state index contributed by atoms with van der Waals surface area (Å²) < 4.78 is 0. The maximum absolute atomic E-state index is 4.44. The van der Waals surface area contributed by atoms with Crippen molar-refractivity contribution in [2.24, 2.45) is 11.3 Å². The molecule has 3 aliphatic rings. The molecular weight excluding hydrogens is 266 g/mol. The first-order valence-corrected chi connectivity index (χ1v) is 9.14. The van der Waals surface area contributed by atoms with Gasteiger partial charge in [0, 0.05) is 12.1 Å². The second kappa shape index (κ2) is 6.48. The van der Waals surface area contributed by atoms with Gasteiger partial charge in [-0.1, -0.05) is 56.6 Å². The Kier molecular flexibility index (Phi) is 4.61. The predicted octanol–water partition coefficient (Wildman–Crippen LogP) is 5.67. The molecule has 1 N–H and O–H groups in total. The van der Waals surface area contributed by atoms with E-state index in [1.807, 2.05) is 0 Å². The molecule has 1 nitrogen and oxygen atoms in total. The number of nitrogens with one attached hydrogen (secondary N) is 1. The third-order valence-electron chi connectivity index (χ3n) is 6.00. The lowest BCUT2D eigenvalue weighted by Crippen LogP contribution is -2.26. The lowest BCUT2D eigenvalue weighted by molar-refractivity contribution is 0.246. The molecule has 22 heavy (non-hydrogen) atoms. The van der Waals surface area contributed by atoms with Gasteiger partial charge in [-0.2, -0.15) is 0 Å². The highest BCUT2D eigenvalue weighted by Crippen LogP contribution is 2.47. The fourth-order valence-electron chi connectivity index (χ4n) is 4.73. The van der Waals surface area contributed by atoms with Crippen LogP contribution in [0.4, 0.5) is 0 Å². The van der Waals surface area contributed by atoms with E-state index in [4.69, 9.17) is 0 Å². The van der Waals surface area contributed by atoms with Crippen molar-refractivity contribution in [3.8, 4) is 0 Å². The Hall–Kier alpha value is -1.24. The number of rotatable bonds is 6. The van der Waals surface area contributed by atoms with Gasteiger partial charge in [0.1, 0.15) is 0 Å². The highest BCUT2D eigenvalue weighted by atomic mass is 14.9. The Labute approximate surface area is 136 Å². The number of fused-ring (bicyclic) bond motifs is 1. The molecule has 1 heterocycles. The van der Waals surface area contributed by atoms with Crippen molar-refractivity contribution in [1.82, 2.24) is 5.32 Å². The lowest BCUT2D eigenvalue weighted by Gasteiger charge is -2.30. The Morgan fingerprint density at radius 3 is 2.82 bits per heavy atom. The van der Waals surface area contributed by atoms with Crippen molar-refractivity contribution in [3.05, 3.63) is 47.7 Å². The molecule has 2 aliphatic carbocycles. The number of allylic oxidation sites excluding steroid dienone is 3. The zero-order chi connectivity index (χ0) is 15.6. The van der Waals surface area contributed by atoms with Crippen LogP contribution < -0.4 is 5.32 Å². The van der Waals surface area contributed by atoms with E-state index in [-0.39, 0.29) is 0 Å². The van der Waals surface area contributed by atoms with E-state index in [2.05, 4.69) is 50.2 Å². The first kappa shape index (κ1) is 15.6. The van der Waals surface area contributed by atoms with Crippen molar-refractivity contribution in [1.29, 1.82) is 0 Å². The quantitative estimate of drug-likeness (QED) is 0.666. The fourth-order valence-corrected chi connectivity index (χ4v) is 4.73. The van der Waals surface area contributed by atoms with Crippen LogP contribution in [0.15, 0.2) is 47.7 Å². The summed E-state index contributed by atoms with van der Waals surface area (Å²) >= 11 is 0. The van der Waals surface area contributed by atoms with E-state index < -0.39 is 0 Å². The van der Waals surface area contributed by atoms with Gasteiger partial charge < -0.3 is 5.32 Å². The molecule has 2 unspecified atom stereocenters. The van der Waals surface area contributed by atoms with Crippen LogP contribution in [-0.2, 0) is 0 Å². The van der Waals surface area contributed by atoms with E-state index in [0.29, 0.717) is 17.4 Å². The van der Waals surface area contributed by atoms with Gasteiger partial charge in [0.2, 0.25) is 0 Å². The molecule has 0 aromatic carbocycles. The van der Waals surface area contributed by atoms with Gasteiger partial charge in [0.05, 0.1) is 6.04 Å². The Balaban J connectivity index is 1.60. The highest BCUT2D eigenvalue weighted by molar-refractivity contribution is 5.43. The molecule has 0 aromatic rings. The Bertz CT molecular complexity index is 514. The average molecular weight is 297 g/mol. The summed E-state index contributed by atoms with van der Waals surface area (Å²) in [5.74, 6) is 0.502. The largest absolute Gasteiger partial charge is 0.383 e. The maximum Gasteiger partial charge on any atom is 0.0548 e. The number of hydrogen-bond acceptors (Lipinski definition) is 1. The first-order valence-electron chi connectivity index (χ1n) is 9.14. The monoisotopic (exact) mass is 297 g/mol. The van der Waals surface area contributed by atoms with Gasteiger partial charge >= 0.3 is 0 Å². The predicted molar refractivity (Wildman–Crippen MR) is 95.6 cm³/mol. The summed E-state index contributed by atoms with van der Waals surface area (Å²) in [5, 5.41) is 3.53. The van der Waals surface area contributed by atoms with Crippen LogP contribution >= 0.6 is 0 Å². The molecule has 0 spiro atoms. The normalized spacial score (nSPS) is 28.8. The molecule has 1 heteroatoms. The smallest absolute Gasteiger partial charge is 0.0548 e. The minimum Gasteiger partial charge on any atom is -0.383 e. The van der Waals surface area contributed by atoms with E-state index in [1.54, 1.807) is 0 Å². The fraction of sp³-hybridized carbons (Fsp3) is 0.619. The Morgan fingerprint density at radius 2 is 2.09 bits per heavy atom. The van der Waals surface area contributed by atoms with Crippen LogP contribution in [0.3, 0.4) is 0 Å². The topological polar surface area (TPSA) is 12.0 Å². The van der Waals surface area contributed by atoms with Gasteiger partial charge in [-0.15, -0.1) is 0 Å². The van der Waals surface area contributed by atoms with Crippen LogP contribution in [0.1, 0.15) is 65.2 Å². The molecule has 1 aliphatic heterocycles. The molecule has 0 amide bonds. The Morgan fingerprint density at radius 1 is 1.32 bits per heavy atom. The van der Waals surface area contributed by atoms with E-state index in [1.165, 1.54) is 68.1 Å². The van der Waals surface area contributed by atoms with Crippen molar-refractivity contribution in [2.75, 3.05) is 0 Å². The molecule has 1 saturated carbocycles. The van der Waals surface area contributed by atoms with E-state index >= 15 is 0 Å². The second-order valence-electron chi connectivity index (χ2n) is 7.65. The summed E-state index contributed by atoms with van der Waals surface area (Å²) in [4.78, 5) is 0. The third kappa shape index (κ3) is 3.09. The third-order valence-corrected chi connectivity index (χ3v) is 6.00. The lowest BCUT2D eigenvalue weighted by atomic mass is 9.75. The summed E-state index contributed by atoms with van der Waals surface area (Å²) in [7, 11) is 0. The van der Waals surface area contributed by atoms with Gasteiger partial charge in [-0.05, 0) is 55.6 Å². The standard InChI is InChI=1S/C21H31N/c1-4-10-21(11-5-6-12-21)13-9-17(3)19-15-22-20-14-16(2)7-8-18(19)20/h7-8,14-15,18,20,22H,3-6,9-13H2,1-2H3. The molecule has 2 atom stereocenters. The molecule has 0 aromatic heterocycles. The molecule has 3 rings (SSSR count). The van der Waals surface area contributed by atoms with Crippen LogP contribution in [0.2, 0.25) is 0 Å². The summed E-state index contributed by atoms with van der Waals surface area (Å²) in [6.07, 6.45) is 20.2. The van der Waals surface area contributed by atoms with Gasteiger partial charge in [-0.25, -0.2) is 0 Å². The molecular formula is C21H31N. The van der Waals surface area contributed by atoms with E-state index in [9.17, 15) is 0 Å². The first-order chi connectivity index (χ1) is 10.6. The maximum atomic E-state index is 4.44. The average Bonchev–Trinajstić information content (AvgIpc) is 3.12. The van der Waals surface area contributed by atoms with Crippen LogP contribution in [0.25, 0.3) is 0 Å². The highest BCUT2D eigenvalue weighted by Gasteiger charge is 2.34. The van der Waals surface area contributed by atoms with Crippen molar-refractivity contribution < 1.29 is 0 Å². The SMILES string of the molecule is C=C(CCC1(CCC)CCCC1)C1=CNC2C=C(C)C=CC12. The van der Waals surface area contributed by atoms with Gasteiger partial charge in [-0.3, -0.25) is 0 Å².